The smallest absolute Gasteiger partial charge is 0.261 e. The molecule has 7 heteroatoms. The van der Waals surface area contributed by atoms with E-state index in [1.165, 1.54) is 6.33 Å². The second-order valence-corrected chi connectivity index (χ2v) is 5.98. The van der Waals surface area contributed by atoms with Crippen LogP contribution in [0.1, 0.15) is 19.2 Å². The summed E-state index contributed by atoms with van der Waals surface area (Å²) in [4.78, 5) is 21.1. The van der Waals surface area contributed by atoms with Crippen LogP contribution in [0.5, 0.6) is 0 Å². The molecule has 0 unspecified atom stereocenters. The Hall–Kier alpha value is -1.77. The van der Waals surface area contributed by atoms with Gasteiger partial charge in [0.15, 0.2) is 0 Å². The summed E-state index contributed by atoms with van der Waals surface area (Å²) in [5.41, 5.74) is 0.663. The highest BCUT2D eigenvalue weighted by molar-refractivity contribution is 14.1. The van der Waals surface area contributed by atoms with Crippen molar-refractivity contribution in [3.05, 3.63) is 50.6 Å². The van der Waals surface area contributed by atoms with E-state index < -0.39 is 0 Å². The Bertz CT molecular complexity index is 839. The molecule has 3 rings (SSSR count). The topological polar surface area (TPSA) is 65.6 Å². The molecule has 0 aliphatic rings. The summed E-state index contributed by atoms with van der Waals surface area (Å²) in [5.74, 6) is 0.769. The van der Waals surface area contributed by atoms with Gasteiger partial charge in [0, 0.05) is 10.1 Å². The normalized spacial score (nSPS) is 11.1. The van der Waals surface area contributed by atoms with Gasteiger partial charge in [-0.05, 0) is 47.2 Å². The molecule has 0 N–H and O–H groups in total. The van der Waals surface area contributed by atoms with Crippen LogP contribution < -0.4 is 5.56 Å². The van der Waals surface area contributed by atoms with Crippen LogP contribution in [0, 0.1) is 3.57 Å². The SMILES string of the molecule is CCCn1ncnc1Cn1cnc2ccc(I)cc2c1=O. The molecule has 0 saturated carbocycles. The molecule has 6 nitrogen and oxygen atoms in total. The van der Waals surface area contributed by atoms with Gasteiger partial charge in [-0.25, -0.2) is 14.6 Å². The van der Waals surface area contributed by atoms with Crippen molar-refractivity contribution in [2.24, 2.45) is 0 Å². The lowest BCUT2D eigenvalue weighted by molar-refractivity contribution is 0.549. The maximum Gasteiger partial charge on any atom is 0.261 e. The van der Waals surface area contributed by atoms with Crippen LogP contribution in [0.25, 0.3) is 10.9 Å². The number of fused-ring (bicyclic) bond motifs is 1. The summed E-state index contributed by atoms with van der Waals surface area (Å²) in [5, 5.41) is 4.81. The lowest BCUT2D eigenvalue weighted by Gasteiger charge is -2.08. The van der Waals surface area contributed by atoms with Crippen molar-refractivity contribution in [3.63, 3.8) is 0 Å². The van der Waals surface area contributed by atoms with Crippen LogP contribution >= 0.6 is 22.6 Å². The number of aryl methyl sites for hydroxylation is 1. The molecule has 2 aromatic heterocycles. The van der Waals surface area contributed by atoms with Crippen LogP contribution in [-0.4, -0.2) is 24.3 Å². The van der Waals surface area contributed by atoms with Crippen molar-refractivity contribution in [2.75, 3.05) is 0 Å². The van der Waals surface area contributed by atoms with Crippen molar-refractivity contribution in [1.29, 1.82) is 0 Å². The summed E-state index contributed by atoms with van der Waals surface area (Å²) in [7, 11) is 0. The fourth-order valence-electron chi connectivity index (χ4n) is 2.21. The highest BCUT2D eigenvalue weighted by atomic mass is 127. The van der Waals surface area contributed by atoms with Gasteiger partial charge in [-0.1, -0.05) is 6.92 Å². The first-order valence-electron chi connectivity index (χ1n) is 6.70. The van der Waals surface area contributed by atoms with Crippen LogP contribution in [0.15, 0.2) is 35.6 Å². The Labute approximate surface area is 135 Å². The molecule has 0 radical (unpaired) electrons. The summed E-state index contributed by atoms with van der Waals surface area (Å²) in [6.45, 7) is 3.26. The van der Waals surface area contributed by atoms with E-state index in [-0.39, 0.29) is 5.56 Å². The maximum absolute atomic E-state index is 12.5. The van der Waals surface area contributed by atoms with E-state index in [0.717, 1.165) is 22.4 Å². The molecular weight excluding hydrogens is 381 g/mol. The molecule has 0 atom stereocenters. The molecule has 21 heavy (non-hydrogen) atoms. The largest absolute Gasteiger partial charge is 0.291 e. The number of nitrogens with zero attached hydrogens (tertiary/aromatic N) is 5. The van der Waals surface area contributed by atoms with Crippen molar-refractivity contribution in [2.45, 2.75) is 26.4 Å². The van der Waals surface area contributed by atoms with Gasteiger partial charge in [0.25, 0.3) is 5.56 Å². The molecule has 0 saturated heterocycles. The third-order valence-corrected chi connectivity index (χ3v) is 3.90. The predicted molar refractivity (Wildman–Crippen MR) is 88.1 cm³/mol. The minimum atomic E-state index is -0.0513. The zero-order valence-corrected chi connectivity index (χ0v) is 13.7. The lowest BCUT2D eigenvalue weighted by Crippen LogP contribution is -2.23. The van der Waals surface area contributed by atoms with Crippen molar-refractivity contribution >= 4 is 33.5 Å². The number of aromatic nitrogens is 5. The molecule has 3 aromatic rings. The Kier molecular flexibility index (Phi) is 4.00. The maximum atomic E-state index is 12.5. The zero-order chi connectivity index (χ0) is 14.8. The summed E-state index contributed by atoms with van der Waals surface area (Å²) in [6, 6.07) is 5.67. The lowest BCUT2D eigenvalue weighted by atomic mass is 10.2. The first kappa shape index (κ1) is 14.2. The highest BCUT2D eigenvalue weighted by Crippen LogP contribution is 2.12. The molecule has 0 aliphatic heterocycles. The number of halogens is 1. The highest BCUT2D eigenvalue weighted by Gasteiger charge is 2.09. The standard InChI is InChI=1S/C14H14IN5O/c1-2-5-20-13(16-8-18-20)7-19-9-17-12-4-3-10(15)6-11(12)14(19)21/h3-4,6,8-9H,2,5,7H2,1H3. The summed E-state index contributed by atoms with van der Waals surface area (Å²) < 4.78 is 4.42. The first-order valence-corrected chi connectivity index (χ1v) is 7.78. The second kappa shape index (κ2) is 5.92. The van der Waals surface area contributed by atoms with Gasteiger partial charge < -0.3 is 0 Å². The molecule has 0 bridgehead atoms. The molecule has 1 aromatic carbocycles. The van der Waals surface area contributed by atoms with Crippen LogP contribution in [0.4, 0.5) is 0 Å². The number of rotatable bonds is 4. The average Bonchev–Trinajstić information content (AvgIpc) is 2.90. The van der Waals surface area contributed by atoms with Gasteiger partial charge in [0.05, 0.1) is 23.8 Å². The fourth-order valence-corrected chi connectivity index (χ4v) is 2.70. The van der Waals surface area contributed by atoms with Crippen LogP contribution in [0.2, 0.25) is 0 Å². The van der Waals surface area contributed by atoms with E-state index in [1.54, 1.807) is 10.9 Å². The van der Waals surface area contributed by atoms with Crippen molar-refractivity contribution in [1.82, 2.24) is 24.3 Å². The van der Waals surface area contributed by atoms with E-state index in [1.807, 2.05) is 22.9 Å². The van der Waals surface area contributed by atoms with E-state index in [9.17, 15) is 4.79 Å². The predicted octanol–water partition coefficient (Wildman–Crippen LogP) is 2.05. The van der Waals surface area contributed by atoms with Crippen molar-refractivity contribution in [3.8, 4) is 0 Å². The van der Waals surface area contributed by atoms with Gasteiger partial charge >= 0.3 is 0 Å². The Balaban J connectivity index is 2.03. The quantitative estimate of drug-likeness (QED) is 0.635. The molecular formula is C14H14IN5O. The van der Waals surface area contributed by atoms with E-state index in [0.29, 0.717) is 17.4 Å². The molecule has 0 aliphatic carbocycles. The van der Waals surface area contributed by atoms with Gasteiger partial charge in [0.2, 0.25) is 0 Å². The van der Waals surface area contributed by atoms with Crippen LogP contribution in [0.3, 0.4) is 0 Å². The van der Waals surface area contributed by atoms with Gasteiger partial charge in [-0.2, -0.15) is 5.10 Å². The van der Waals surface area contributed by atoms with E-state index >= 15 is 0 Å². The van der Waals surface area contributed by atoms with Gasteiger partial charge in [-0.15, -0.1) is 0 Å². The van der Waals surface area contributed by atoms with E-state index in [4.69, 9.17) is 0 Å². The number of hydrogen-bond acceptors (Lipinski definition) is 4. The Morgan fingerprint density at radius 1 is 1.29 bits per heavy atom. The zero-order valence-electron chi connectivity index (χ0n) is 11.5. The monoisotopic (exact) mass is 395 g/mol. The third-order valence-electron chi connectivity index (χ3n) is 3.23. The minimum Gasteiger partial charge on any atom is -0.291 e. The minimum absolute atomic E-state index is 0.0513. The Morgan fingerprint density at radius 2 is 2.14 bits per heavy atom. The average molecular weight is 395 g/mol. The molecule has 108 valence electrons. The molecule has 0 spiro atoms. The fraction of sp³-hybridized carbons (Fsp3) is 0.286. The first-order chi connectivity index (χ1) is 10.2. The Morgan fingerprint density at radius 3 is 2.95 bits per heavy atom. The second-order valence-electron chi connectivity index (χ2n) is 4.74. The molecule has 2 heterocycles. The van der Waals surface area contributed by atoms with Gasteiger partial charge in [0.1, 0.15) is 12.2 Å². The number of benzene rings is 1. The van der Waals surface area contributed by atoms with Gasteiger partial charge in [-0.3, -0.25) is 9.36 Å². The van der Waals surface area contributed by atoms with E-state index in [2.05, 4.69) is 44.6 Å². The summed E-state index contributed by atoms with van der Waals surface area (Å²) in [6.07, 6.45) is 4.06. The van der Waals surface area contributed by atoms with Crippen LogP contribution in [-0.2, 0) is 13.1 Å². The third kappa shape index (κ3) is 2.82. The molecule has 0 fully saturated rings. The number of hydrogen-bond donors (Lipinski definition) is 0. The molecule has 0 amide bonds. The van der Waals surface area contributed by atoms with Crippen molar-refractivity contribution < 1.29 is 0 Å². The summed E-state index contributed by atoms with van der Waals surface area (Å²) >= 11 is 2.19.